The number of nitrogens with one attached hydrogen (secondary N) is 2. The van der Waals surface area contributed by atoms with Crippen LogP contribution in [0.2, 0.25) is 0 Å². The van der Waals surface area contributed by atoms with Crippen LogP contribution in [-0.4, -0.2) is 49.3 Å². The van der Waals surface area contributed by atoms with Crippen LogP contribution in [0.25, 0.3) is 5.69 Å². The average Bonchev–Trinajstić information content (AvgIpc) is 3.04. The first kappa shape index (κ1) is 33.2. The number of nitrogens with zero attached hydrogens (tertiary/aromatic N) is 2. The van der Waals surface area contributed by atoms with Crippen molar-refractivity contribution in [3.05, 3.63) is 117 Å². The van der Waals surface area contributed by atoms with Gasteiger partial charge in [0, 0.05) is 46.3 Å². The van der Waals surface area contributed by atoms with Gasteiger partial charge in [-0.15, -0.1) is 11.8 Å². The number of aromatic nitrogens is 1. The first-order valence-electron chi connectivity index (χ1n) is 14.0. The van der Waals surface area contributed by atoms with Gasteiger partial charge in [0.1, 0.15) is 11.4 Å². The van der Waals surface area contributed by atoms with Gasteiger partial charge in [-0.3, -0.25) is 24.3 Å². The van der Waals surface area contributed by atoms with Crippen molar-refractivity contribution in [3.63, 3.8) is 0 Å². The van der Waals surface area contributed by atoms with Crippen molar-refractivity contribution < 1.29 is 22.9 Å². The molecule has 0 aliphatic carbocycles. The summed E-state index contributed by atoms with van der Waals surface area (Å²) in [7, 11) is -3.02. The molecule has 45 heavy (non-hydrogen) atoms. The molecule has 0 spiro atoms. The van der Waals surface area contributed by atoms with Crippen LogP contribution < -0.4 is 26.1 Å². The molecule has 4 aromatic rings. The largest absolute Gasteiger partial charge is 0.497 e. The van der Waals surface area contributed by atoms with Crippen molar-refractivity contribution in [2.45, 2.75) is 35.1 Å². The molecule has 0 saturated carbocycles. The molecular weight excluding hydrogens is 619 g/mol. The van der Waals surface area contributed by atoms with Crippen molar-refractivity contribution in [2.24, 2.45) is 5.73 Å². The Bertz CT molecular complexity index is 1800. The average molecular weight is 652 g/mol. The monoisotopic (exact) mass is 651 g/mol. The normalized spacial score (nSPS) is 11.9. The number of hydrogen-bond acceptors (Lipinski definition) is 10. The third-order valence-corrected chi connectivity index (χ3v) is 9.30. The smallest absolute Gasteiger partial charge is 0.293 e. The van der Waals surface area contributed by atoms with Crippen LogP contribution in [0.3, 0.4) is 0 Å². The Hall–Kier alpha value is -4.66. The zero-order valence-electron chi connectivity index (χ0n) is 24.4. The first-order valence-corrected chi connectivity index (χ1v) is 16.5. The molecule has 3 aromatic carbocycles. The lowest BCUT2D eigenvalue weighted by Gasteiger charge is -2.20. The Balaban J connectivity index is 1.49. The Kier molecular flexibility index (Phi) is 11.4. The second-order valence-electron chi connectivity index (χ2n) is 9.94. The van der Waals surface area contributed by atoms with E-state index in [0.29, 0.717) is 30.2 Å². The summed E-state index contributed by atoms with van der Waals surface area (Å²) in [6, 6.07) is 21.7. The topological polar surface area (TPSA) is 176 Å². The number of amides is 1. The number of carbonyl (C=O) groups is 1. The number of benzene rings is 3. The van der Waals surface area contributed by atoms with Gasteiger partial charge in [-0.1, -0.05) is 24.6 Å². The Labute approximate surface area is 264 Å². The van der Waals surface area contributed by atoms with Gasteiger partial charge in [0.2, 0.25) is 0 Å². The summed E-state index contributed by atoms with van der Waals surface area (Å²) >= 11 is 1.60. The highest BCUT2D eigenvalue weighted by Gasteiger charge is 2.25. The van der Waals surface area contributed by atoms with E-state index in [4.69, 9.17) is 10.5 Å². The molecule has 1 aromatic heterocycles. The van der Waals surface area contributed by atoms with Crippen LogP contribution in [0.5, 0.6) is 5.75 Å². The van der Waals surface area contributed by atoms with Crippen LogP contribution in [-0.2, 0) is 10.0 Å². The number of thioether (sulfide) groups is 1. The molecule has 14 heteroatoms. The van der Waals surface area contributed by atoms with Gasteiger partial charge in [-0.2, -0.15) is 0 Å². The van der Waals surface area contributed by atoms with Crippen molar-refractivity contribution in [1.29, 1.82) is 0 Å². The Morgan fingerprint density at radius 3 is 2.42 bits per heavy atom. The lowest BCUT2D eigenvalue weighted by molar-refractivity contribution is -0.384. The molecule has 0 saturated heterocycles. The minimum atomic E-state index is -4.47. The van der Waals surface area contributed by atoms with Gasteiger partial charge in [-0.05, 0) is 74.0 Å². The molecule has 0 bridgehead atoms. The third kappa shape index (κ3) is 8.94. The van der Waals surface area contributed by atoms with Crippen LogP contribution in [0.15, 0.2) is 106 Å². The molecule has 0 radical (unpaired) electrons. The number of hydrogen-bond donors (Lipinski definition) is 3. The number of pyridine rings is 1. The van der Waals surface area contributed by atoms with E-state index < -0.39 is 31.4 Å². The quantitative estimate of drug-likeness (QED) is 0.0714. The van der Waals surface area contributed by atoms with Crippen LogP contribution in [0.4, 0.5) is 11.4 Å². The summed E-state index contributed by atoms with van der Waals surface area (Å²) in [5, 5.41) is 15.2. The third-order valence-electron chi connectivity index (χ3n) is 6.80. The summed E-state index contributed by atoms with van der Waals surface area (Å²) in [6.45, 7) is 0.532. The fraction of sp³-hybridized carbons (Fsp3) is 0.226. The van der Waals surface area contributed by atoms with Crippen molar-refractivity contribution in [1.82, 2.24) is 9.29 Å². The zero-order chi connectivity index (χ0) is 32.4. The van der Waals surface area contributed by atoms with Crippen molar-refractivity contribution in [3.8, 4) is 11.4 Å². The van der Waals surface area contributed by atoms with Crippen molar-refractivity contribution >= 4 is 39.1 Å². The van der Waals surface area contributed by atoms with E-state index in [0.717, 1.165) is 23.8 Å². The van der Waals surface area contributed by atoms with Gasteiger partial charge < -0.3 is 15.8 Å². The fourth-order valence-corrected chi connectivity index (χ4v) is 6.42. The van der Waals surface area contributed by atoms with Crippen LogP contribution >= 0.6 is 11.8 Å². The molecule has 0 aliphatic rings. The van der Waals surface area contributed by atoms with E-state index in [-0.39, 0.29) is 22.9 Å². The predicted molar refractivity (Wildman–Crippen MR) is 174 cm³/mol. The number of nitrogens with two attached hydrogens (primary N) is 1. The summed E-state index contributed by atoms with van der Waals surface area (Å²) in [4.78, 5) is 37.1. The molecule has 1 amide bonds. The highest BCUT2D eigenvalue weighted by atomic mass is 32.2. The number of nitro benzene ring substituents is 1. The molecule has 0 aliphatic heterocycles. The minimum Gasteiger partial charge on any atom is -0.497 e. The number of rotatable bonds is 15. The summed E-state index contributed by atoms with van der Waals surface area (Å²) in [5.74, 6) is 0.0746. The highest BCUT2D eigenvalue weighted by molar-refractivity contribution is 7.99. The van der Waals surface area contributed by atoms with E-state index >= 15 is 0 Å². The zero-order valence-corrected chi connectivity index (χ0v) is 26.1. The Morgan fingerprint density at radius 2 is 1.78 bits per heavy atom. The van der Waals surface area contributed by atoms with E-state index in [1.54, 1.807) is 17.8 Å². The standard InChI is InChI=1S/C31H33N5O7S2/c1-43-25-16-18-35(30(37)19-25)24-12-10-22(11-13-24)31(38)34-45(41,42)27-14-15-28(29(20-27)36(39)40)33-23(7-5-6-17-32)21-44-26-8-3-2-4-9-26/h2-4,8-16,18-20,23,33H,5-7,17,21,32H2,1H3,(H,34,38)/t23-/m1/s1. The number of anilines is 1. The molecule has 4 rings (SSSR count). The van der Waals surface area contributed by atoms with Gasteiger partial charge in [0.15, 0.2) is 0 Å². The van der Waals surface area contributed by atoms with E-state index in [1.165, 1.54) is 60.3 Å². The molecule has 236 valence electrons. The molecule has 0 fully saturated rings. The maximum absolute atomic E-state index is 13.1. The number of carbonyl (C=O) groups excluding carboxylic acids is 1. The van der Waals surface area contributed by atoms with Crippen LogP contribution in [0.1, 0.15) is 29.6 Å². The first-order chi connectivity index (χ1) is 21.6. The molecule has 1 heterocycles. The second kappa shape index (κ2) is 15.4. The predicted octanol–water partition coefficient (Wildman–Crippen LogP) is 4.57. The SMILES string of the molecule is COc1ccn(-c2ccc(C(=O)NS(=O)(=O)c3ccc(N[C@H](CCCCN)CSc4ccccc4)c([N+](=O)[O-])c3)cc2)c(=O)c1. The number of unbranched alkanes of at least 4 members (excludes halogenated alkanes) is 1. The fourth-order valence-electron chi connectivity index (χ4n) is 4.43. The minimum absolute atomic E-state index is 0.00732. The molecule has 12 nitrogen and oxygen atoms in total. The summed E-state index contributed by atoms with van der Waals surface area (Å²) < 4.78 is 34.5. The molecule has 1 atom stereocenters. The van der Waals surface area contributed by atoms with E-state index in [1.807, 2.05) is 35.1 Å². The second-order valence-corrected chi connectivity index (χ2v) is 12.7. The molecular formula is C31H33N5O7S2. The van der Waals surface area contributed by atoms with E-state index in [9.17, 15) is 28.1 Å². The maximum Gasteiger partial charge on any atom is 0.293 e. The lowest BCUT2D eigenvalue weighted by Crippen LogP contribution is -2.30. The van der Waals surface area contributed by atoms with E-state index in [2.05, 4.69) is 5.32 Å². The highest BCUT2D eigenvalue weighted by Crippen LogP contribution is 2.30. The van der Waals surface area contributed by atoms with Gasteiger partial charge in [0.05, 0.1) is 16.9 Å². The number of nitro groups is 1. The van der Waals surface area contributed by atoms with Crippen LogP contribution in [0, 0.1) is 10.1 Å². The Morgan fingerprint density at radius 1 is 1.04 bits per heavy atom. The number of sulfonamides is 1. The lowest BCUT2D eigenvalue weighted by atomic mass is 10.1. The van der Waals surface area contributed by atoms with Gasteiger partial charge in [-0.25, -0.2) is 13.1 Å². The maximum atomic E-state index is 13.1. The molecule has 4 N–H and O–H groups in total. The van der Waals surface area contributed by atoms with Gasteiger partial charge in [0.25, 0.3) is 27.2 Å². The molecule has 0 unspecified atom stereocenters. The number of ether oxygens (including phenoxy) is 1. The van der Waals surface area contributed by atoms with Gasteiger partial charge >= 0.3 is 0 Å². The summed E-state index contributed by atoms with van der Waals surface area (Å²) in [5.41, 5.74) is 5.48. The number of methoxy groups -OCH3 is 1. The summed E-state index contributed by atoms with van der Waals surface area (Å²) in [6.07, 6.45) is 3.83. The van der Waals surface area contributed by atoms with Crippen molar-refractivity contribution in [2.75, 3.05) is 24.7 Å².